The molecule has 2 aliphatic rings. The van der Waals surface area contributed by atoms with Crippen LogP contribution in [0, 0.1) is 24.5 Å². The fraction of sp³-hybridized carbons (Fsp3) is 0.471. The third kappa shape index (κ3) is 5.81. The SMILES string of the molecule is Cc1ccc(O)cc1[C@@]1(CCN2CCN(C(c3ccc(F)cc3)c3ccc(F)cc3)CC2)CCN(C)C(C)[C@@H]1C. The Bertz CT molecular complexity index is 1230. The maximum absolute atomic E-state index is 13.7. The predicted octanol–water partition coefficient (Wildman–Crippen LogP) is 6.37. The molecule has 0 aliphatic carbocycles. The number of halogens is 2. The highest BCUT2D eigenvalue weighted by Crippen LogP contribution is 2.47. The molecule has 214 valence electrons. The second-order valence-electron chi connectivity index (χ2n) is 12.0. The molecule has 1 unspecified atom stereocenters. The normalized spacial score (nSPS) is 25.0. The quantitative estimate of drug-likeness (QED) is 0.372. The van der Waals surface area contributed by atoms with Crippen molar-refractivity contribution in [3.05, 3.63) is 101 Å². The van der Waals surface area contributed by atoms with Gasteiger partial charge in [-0.1, -0.05) is 37.3 Å². The van der Waals surface area contributed by atoms with E-state index >= 15 is 0 Å². The summed E-state index contributed by atoms with van der Waals surface area (Å²) in [6.45, 7) is 12.6. The van der Waals surface area contributed by atoms with Gasteiger partial charge in [0, 0.05) is 37.6 Å². The van der Waals surface area contributed by atoms with Gasteiger partial charge in [-0.3, -0.25) is 4.90 Å². The number of likely N-dealkylation sites (tertiary alicyclic amines) is 1. The molecule has 0 spiro atoms. The van der Waals surface area contributed by atoms with Gasteiger partial charge in [-0.05, 0) is 111 Å². The number of phenolic OH excluding ortho intramolecular Hbond substituents is 1. The van der Waals surface area contributed by atoms with E-state index in [1.807, 2.05) is 30.3 Å². The molecule has 5 rings (SSSR count). The van der Waals surface area contributed by atoms with Gasteiger partial charge in [-0.25, -0.2) is 8.78 Å². The summed E-state index contributed by atoms with van der Waals surface area (Å²) < 4.78 is 27.4. The molecule has 2 aliphatic heterocycles. The van der Waals surface area contributed by atoms with Crippen molar-refractivity contribution in [1.29, 1.82) is 0 Å². The van der Waals surface area contributed by atoms with E-state index in [0.29, 0.717) is 17.7 Å². The van der Waals surface area contributed by atoms with Gasteiger partial charge in [0.05, 0.1) is 6.04 Å². The molecular weight excluding hydrogens is 504 g/mol. The third-order valence-corrected chi connectivity index (χ3v) is 9.98. The molecule has 3 atom stereocenters. The Balaban J connectivity index is 1.32. The van der Waals surface area contributed by atoms with Crippen molar-refractivity contribution in [2.45, 2.75) is 51.1 Å². The minimum atomic E-state index is -0.250. The van der Waals surface area contributed by atoms with E-state index in [0.717, 1.165) is 63.2 Å². The number of phenols is 1. The van der Waals surface area contributed by atoms with E-state index in [9.17, 15) is 13.9 Å². The molecule has 1 N–H and O–H groups in total. The summed E-state index contributed by atoms with van der Waals surface area (Å²) in [7, 11) is 2.22. The molecule has 3 aromatic rings. The molecule has 3 aromatic carbocycles. The number of aromatic hydroxyl groups is 1. The van der Waals surface area contributed by atoms with Crippen LogP contribution in [0.2, 0.25) is 0 Å². The molecule has 0 bridgehead atoms. The summed E-state index contributed by atoms with van der Waals surface area (Å²) in [5, 5.41) is 10.4. The van der Waals surface area contributed by atoms with Crippen molar-refractivity contribution in [2.24, 2.45) is 5.92 Å². The minimum Gasteiger partial charge on any atom is -0.508 e. The summed E-state index contributed by atoms with van der Waals surface area (Å²) in [4.78, 5) is 7.47. The number of hydrogen-bond donors (Lipinski definition) is 1. The lowest BCUT2D eigenvalue weighted by Gasteiger charge is -2.51. The minimum absolute atomic E-state index is 0.0106. The van der Waals surface area contributed by atoms with Crippen LogP contribution in [0.4, 0.5) is 8.78 Å². The van der Waals surface area contributed by atoms with E-state index < -0.39 is 0 Å². The zero-order chi connectivity index (χ0) is 28.4. The van der Waals surface area contributed by atoms with Crippen LogP contribution in [0.5, 0.6) is 5.75 Å². The molecule has 0 radical (unpaired) electrons. The molecule has 40 heavy (non-hydrogen) atoms. The standard InChI is InChI=1S/C34H43F2N3O/c1-24-5-14-31(40)23-32(24)34(15-17-37(4)26(3)25(34)2)16-18-38-19-21-39(22-20-38)33(27-6-10-29(35)11-7-27)28-8-12-30(36)13-9-28/h5-14,23,25-26,33,40H,15-22H2,1-4H3/t25-,26?,34+/m0/s1. The van der Waals surface area contributed by atoms with Crippen LogP contribution in [-0.4, -0.2) is 72.2 Å². The van der Waals surface area contributed by atoms with Gasteiger partial charge in [0.1, 0.15) is 17.4 Å². The number of nitrogens with zero attached hydrogens (tertiary/aromatic N) is 3. The van der Waals surface area contributed by atoms with E-state index in [2.05, 4.69) is 48.6 Å². The molecule has 2 saturated heterocycles. The smallest absolute Gasteiger partial charge is 0.123 e. The van der Waals surface area contributed by atoms with E-state index in [1.165, 1.54) is 35.4 Å². The Morgan fingerprint density at radius 2 is 1.43 bits per heavy atom. The number of rotatable bonds is 7. The molecule has 0 saturated carbocycles. The van der Waals surface area contributed by atoms with Gasteiger partial charge in [-0.15, -0.1) is 0 Å². The predicted molar refractivity (Wildman–Crippen MR) is 158 cm³/mol. The monoisotopic (exact) mass is 547 g/mol. The molecule has 2 fully saturated rings. The lowest BCUT2D eigenvalue weighted by atomic mass is 9.61. The first-order valence-corrected chi connectivity index (χ1v) is 14.7. The third-order valence-electron chi connectivity index (χ3n) is 9.98. The lowest BCUT2D eigenvalue weighted by molar-refractivity contribution is 0.0426. The summed E-state index contributed by atoms with van der Waals surface area (Å²) >= 11 is 0. The zero-order valence-corrected chi connectivity index (χ0v) is 24.3. The van der Waals surface area contributed by atoms with Crippen LogP contribution in [0.15, 0.2) is 66.7 Å². The van der Waals surface area contributed by atoms with Gasteiger partial charge in [0.25, 0.3) is 0 Å². The lowest BCUT2D eigenvalue weighted by Crippen LogP contribution is -2.55. The Morgan fingerprint density at radius 1 is 0.850 bits per heavy atom. The number of hydrogen-bond acceptors (Lipinski definition) is 4. The number of piperidine rings is 1. The highest BCUT2D eigenvalue weighted by Gasteiger charge is 2.45. The second kappa shape index (κ2) is 12.0. The van der Waals surface area contributed by atoms with Crippen LogP contribution in [0.3, 0.4) is 0 Å². The Labute approximate surface area is 238 Å². The Hall–Kier alpha value is -2.80. The van der Waals surface area contributed by atoms with Gasteiger partial charge in [0.2, 0.25) is 0 Å². The molecule has 0 amide bonds. The van der Waals surface area contributed by atoms with Crippen LogP contribution < -0.4 is 0 Å². The molecule has 0 aromatic heterocycles. The van der Waals surface area contributed by atoms with Crippen LogP contribution in [0.25, 0.3) is 0 Å². The molecule has 4 nitrogen and oxygen atoms in total. The molecular formula is C34H43F2N3O. The molecule has 2 heterocycles. The number of aryl methyl sites for hydroxylation is 1. The van der Waals surface area contributed by atoms with Crippen molar-refractivity contribution in [2.75, 3.05) is 46.3 Å². The van der Waals surface area contributed by atoms with E-state index in [-0.39, 0.29) is 23.1 Å². The van der Waals surface area contributed by atoms with Crippen molar-refractivity contribution in [1.82, 2.24) is 14.7 Å². The first-order chi connectivity index (χ1) is 19.2. The summed E-state index contributed by atoms with van der Waals surface area (Å²) in [5.41, 5.74) is 4.61. The van der Waals surface area contributed by atoms with Crippen LogP contribution >= 0.6 is 0 Å². The maximum atomic E-state index is 13.7. The summed E-state index contributed by atoms with van der Waals surface area (Å²) in [6.07, 6.45) is 2.13. The van der Waals surface area contributed by atoms with Crippen molar-refractivity contribution >= 4 is 0 Å². The maximum Gasteiger partial charge on any atom is 0.123 e. The van der Waals surface area contributed by atoms with Crippen LogP contribution in [-0.2, 0) is 5.41 Å². The first-order valence-electron chi connectivity index (χ1n) is 14.7. The van der Waals surface area contributed by atoms with E-state index in [4.69, 9.17) is 0 Å². The zero-order valence-electron chi connectivity index (χ0n) is 24.3. The highest BCUT2D eigenvalue weighted by atomic mass is 19.1. The van der Waals surface area contributed by atoms with Gasteiger partial charge >= 0.3 is 0 Å². The fourth-order valence-corrected chi connectivity index (χ4v) is 7.17. The average molecular weight is 548 g/mol. The van der Waals surface area contributed by atoms with Crippen LogP contribution in [0.1, 0.15) is 55.0 Å². The Kier molecular flexibility index (Phi) is 8.60. The fourth-order valence-electron chi connectivity index (χ4n) is 7.17. The van der Waals surface area contributed by atoms with Crippen molar-refractivity contribution < 1.29 is 13.9 Å². The summed E-state index contributed by atoms with van der Waals surface area (Å²) in [6, 6.07) is 19.7. The first kappa shape index (κ1) is 28.7. The van der Waals surface area contributed by atoms with Crippen molar-refractivity contribution in [3.63, 3.8) is 0 Å². The van der Waals surface area contributed by atoms with Gasteiger partial charge < -0.3 is 14.9 Å². The topological polar surface area (TPSA) is 30.0 Å². The number of piperazine rings is 1. The Morgan fingerprint density at radius 3 is 2.00 bits per heavy atom. The van der Waals surface area contributed by atoms with Gasteiger partial charge in [-0.2, -0.15) is 0 Å². The average Bonchev–Trinajstić information content (AvgIpc) is 2.96. The highest BCUT2D eigenvalue weighted by molar-refractivity contribution is 5.41. The largest absolute Gasteiger partial charge is 0.508 e. The summed E-state index contributed by atoms with van der Waals surface area (Å²) in [5.74, 6) is 0.300. The second-order valence-corrected chi connectivity index (χ2v) is 12.0. The number of benzene rings is 3. The van der Waals surface area contributed by atoms with Crippen molar-refractivity contribution in [3.8, 4) is 5.75 Å². The van der Waals surface area contributed by atoms with Gasteiger partial charge in [0.15, 0.2) is 0 Å². The molecule has 6 heteroatoms. The van der Waals surface area contributed by atoms with E-state index in [1.54, 1.807) is 6.07 Å².